The standard InChI is InChI=1S/C14H26/c1-4-8-13(2)10-12-7-5-6-9-14(12,3)11-13/h12H,4-11H2,1-3H3. The van der Waals surface area contributed by atoms with Crippen LogP contribution in [0, 0.1) is 16.7 Å². The van der Waals surface area contributed by atoms with E-state index in [0.717, 1.165) is 11.3 Å². The van der Waals surface area contributed by atoms with Gasteiger partial charge in [-0.15, -0.1) is 0 Å². The summed E-state index contributed by atoms with van der Waals surface area (Å²) in [4.78, 5) is 0. The molecule has 0 radical (unpaired) electrons. The number of fused-ring (bicyclic) bond motifs is 1. The van der Waals surface area contributed by atoms with Gasteiger partial charge in [0.15, 0.2) is 0 Å². The van der Waals surface area contributed by atoms with Gasteiger partial charge in [0.05, 0.1) is 0 Å². The van der Waals surface area contributed by atoms with Crippen molar-refractivity contribution in [3.63, 3.8) is 0 Å². The molecule has 3 atom stereocenters. The molecule has 0 aromatic rings. The van der Waals surface area contributed by atoms with Gasteiger partial charge in [-0.2, -0.15) is 0 Å². The van der Waals surface area contributed by atoms with Gasteiger partial charge in [0.2, 0.25) is 0 Å². The summed E-state index contributed by atoms with van der Waals surface area (Å²) in [5, 5.41) is 0. The van der Waals surface area contributed by atoms with Crippen molar-refractivity contribution >= 4 is 0 Å². The van der Waals surface area contributed by atoms with Gasteiger partial charge >= 0.3 is 0 Å². The van der Waals surface area contributed by atoms with Crippen molar-refractivity contribution in [2.45, 2.75) is 72.1 Å². The molecule has 2 saturated carbocycles. The molecule has 0 N–H and O–H groups in total. The minimum atomic E-state index is 0.693. The van der Waals surface area contributed by atoms with Crippen molar-refractivity contribution < 1.29 is 0 Å². The molecule has 0 bridgehead atoms. The Labute approximate surface area is 89.5 Å². The average molecular weight is 194 g/mol. The second-order valence-electron chi connectivity index (χ2n) is 6.54. The quantitative estimate of drug-likeness (QED) is 0.593. The summed E-state index contributed by atoms with van der Waals surface area (Å²) in [6.45, 7) is 7.45. The van der Waals surface area contributed by atoms with Crippen LogP contribution in [0.15, 0.2) is 0 Å². The molecular weight excluding hydrogens is 168 g/mol. The molecule has 2 aliphatic carbocycles. The van der Waals surface area contributed by atoms with E-state index in [1.807, 2.05) is 0 Å². The Morgan fingerprint density at radius 2 is 2.00 bits per heavy atom. The Balaban J connectivity index is 2.09. The summed E-state index contributed by atoms with van der Waals surface area (Å²) in [6.07, 6.45) is 11.9. The van der Waals surface area contributed by atoms with Crippen LogP contribution in [0.5, 0.6) is 0 Å². The van der Waals surface area contributed by atoms with E-state index in [-0.39, 0.29) is 0 Å². The Kier molecular flexibility index (Phi) is 2.66. The minimum Gasteiger partial charge on any atom is -0.0654 e. The van der Waals surface area contributed by atoms with Gasteiger partial charge in [0, 0.05) is 0 Å². The Bertz CT molecular complexity index is 208. The minimum absolute atomic E-state index is 0.693. The first-order valence-corrected chi connectivity index (χ1v) is 6.58. The van der Waals surface area contributed by atoms with E-state index < -0.39 is 0 Å². The first-order chi connectivity index (χ1) is 6.58. The van der Waals surface area contributed by atoms with E-state index in [4.69, 9.17) is 0 Å². The molecule has 0 aromatic heterocycles. The predicted molar refractivity (Wildman–Crippen MR) is 62.3 cm³/mol. The second-order valence-corrected chi connectivity index (χ2v) is 6.54. The van der Waals surface area contributed by atoms with E-state index >= 15 is 0 Å². The van der Waals surface area contributed by atoms with E-state index in [2.05, 4.69) is 20.8 Å². The number of rotatable bonds is 2. The molecule has 0 nitrogen and oxygen atoms in total. The molecule has 2 aliphatic rings. The van der Waals surface area contributed by atoms with Gasteiger partial charge in [-0.1, -0.05) is 40.0 Å². The molecule has 14 heavy (non-hydrogen) atoms. The SMILES string of the molecule is CCCC1(C)CC2CCCCC2(C)C1. The van der Waals surface area contributed by atoms with Gasteiger partial charge in [0.1, 0.15) is 0 Å². The maximum atomic E-state index is 2.57. The van der Waals surface area contributed by atoms with Gasteiger partial charge < -0.3 is 0 Å². The summed E-state index contributed by atoms with van der Waals surface area (Å²) in [5.41, 5.74) is 1.42. The molecule has 0 saturated heterocycles. The average Bonchev–Trinajstić information content (AvgIpc) is 2.35. The van der Waals surface area contributed by atoms with E-state index in [1.165, 1.54) is 51.4 Å². The largest absolute Gasteiger partial charge is 0.0654 e. The third kappa shape index (κ3) is 1.73. The fourth-order valence-corrected chi connectivity index (χ4v) is 4.49. The van der Waals surface area contributed by atoms with Crippen LogP contribution in [0.2, 0.25) is 0 Å². The summed E-state index contributed by atoms with van der Waals surface area (Å²) >= 11 is 0. The fraction of sp³-hybridized carbons (Fsp3) is 1.00. The molecule has 0 spiro atoms. The molecule has 82 valence electrons. The zero-order valence-electron chi connectivity index (χ0n) is 10.2. The lowest BCUT2D eigenvalue weighted by Gasteiger charge is -2.36. The smallest absolute Gasteiger partial charge is 0.0292 e. The third-order valence-corrected chi connectivity index (χ3v) is 4.96. The summed E-state index contributed by atoms with van der Waals surface area (Å²) in [6, 6.07) is 0. The summed E-state index contributed by atoms with van der Waals surface area (Å²) in [7, 11) is 0. The van der Waals surface area contributed by atoms with Crippen molar-refractivity contribution in [1.82, 2.24) is 0 Å². The molecule has 0 aromatic carbocycles. The third-order valence-electron chi connectivity index (χ3n) is 4.96. The zero-order chi connectivity index (χ0) is 10.2. The van der Waals surface area contributed by atoms with Crippen molar-refractivity contribution in [3.05, 3.63) is 0 Å². The first kappa shape index (κ1) is 10.5. The maximum Gasteiger partial charge on any atom is -0.0292 e. The number of hydrogen-bond acceptors (Lipinski definition) is 0. The van der Waals surface area contributed by atoms with Crippen LogP contribution >= 0.6 is 0 Å². The van der Waals surface area contributed by atoms with E-state index in [0.29, 0.717) is 5.41 Å². The van der Waals surface area contributed by atoms with Gasteiger partial charge in [0.25, 0.3) is 0 Å². The molecule has 2 rings (SSSR count). The summed E-state index contributed by atoms with van der Waals surface area (Å²) < 4.78 is 0. The van der Waals surface area contributed by atoms with Crippen molar-refractivity contribution in [2.24, 2.45) is 16.7 Å². The lowest BCUT2D eigenvalue weighted by molar-refractivity contribution is 0.148. The molecule has 3 unspecified atom stereocenters. The Hall–Kier alpha value is 0. The molecule has 0 amide bonds. The maximum absolute atomic E-state index is 2.57. The highest BCUT2D eigenvalue weighted by Gasteiger charge is 2.49. The molecular formula is C14H26. The van der Waals surface area contributed by atoms with Gasteiger partial charge in [-0.25, -0.2) is 0 Å². The molecule has 0 heterocycles. The fourth-order valence-electron chi connectivity index (χ4n) is 4.49. The molecule has 2 fully saturated rings. The second kappa shape index (κ2) is 3.54. The molecule has 0 aliphatic heterocycles. The van der Waals surface area contributed by atoms with E-state index in [9.17, 15) is 0 Å². The van der Waals surface area contributed by atoms with E-state index in [1.54, 1.807) is 0 Å². The molecule has 0 heteroatoms. The Morgan fingerprint density at radius 3 is 2.64 bits per heavy atom. The van der Waals surface area contributed by atoms with Crippen LogP contribution in [0.1, 0.15) is 72.1 Å². The van der Waals surface area contributed by atoms with Crippen molar-refractivity contribution in [3.8, 4) is 0 Å². The van der Waals surface area contributed by atoms with Crippen LogP contribution in [0.25, 0.3) is 0 Å². The van der Waals surface area contributed by atoms with Crippen molar-refractivity contribution in [1.29, 1.82) is 0 Å². The van der Waals surface area contributed by atoms with Gasteiger partial charge in [-0.05, 0) is 48.9 Å². The normalized spacial score (nSPS) is 47.8. The highest BCUT2D eigenvalue weighted by Crippen LogP contribution is 2.60. The predicted octanol–water partition coefficient (Wildman–Crippen LogP) is 4.78. The van der Waals surface area contributed by atoms with Crippen LogP contribution < -0.4 is 0 Å². The van der Waals surface area contributed by atoms with Crippen LogP contribution in [-0.2, 0) is 0 Å². The highest BCUT2D eigenvalue weighted by molar-refractivity contribution is 5.00. The van der Waals surface area contributed by atoms with Crippen LogP contribution in [0.4, 0.5) is 0 Å². The summed E-state index contributed by atoms with van der Waals surface area (Å²) in [5.74, 6) is 1.06. The van der Waals surface area contributed by atoms with Crippen LogP contribution in [0.3, 0.4) is 0 Å². The van der Waals surface area contributed by atoms with Gasteiger partial charge in [-0.3, -0.25) is 0 Å². The van der Waals surface area contributed by atoms with Crippen LogP contribution in [-0.4, -0.2) is 0 Å². The lowest BCUT2D eigenvalue weighted by atomic mass is 9.69. The number of hydrogen-bond donors (Lipinski definition) is 0. The highest BCUT2D eigenvalue weighted by atomic mass is 14.5. The monoisotopic (exact) mass is 194 g/mol. The topological polar surface area (TPSA) is 0 Å². The lowest BCUT2D eigenvalue weighted by Crippen LogP contribution is -2.25. The Morgan fingerprint density at radius 1 is 1.21 bits per heavy atom. The zero-order valence-corrected chi connectivity index (χ0v) is 10.2. The van der Waals surface area contributed by atoms with Crippen molar-refractivity contribution in [2.75, 3.05) is 0 Å². The first-order valence-electron chi connectivity index (χ1n) is 6.58.